The van der Waals surface area contributed by atoms with Crippen molar-refractivity contribution in [2.75, 3.05) is 0 Å². The number of amides is 1. The van der Waals surface area contributed by atoms with E-state index in [4.69, 9.17) is 18.0 Å². The molecule has 0 fully saturated rings. The number of carbonyl (C=O) groups is 1. The number of thiocarbonyl (C=S) groups is 1. The largest absolute Gasteiger partial charge is 0.392 e. The molecular weight excluding hydrogens is 210 g/mol. The molecule has 5 heteroatoms. The highest BCUT2D eigenvalue weighted by Gasteiger charge is 2.13. The number of aryl methyl sites for hydroxylation is 1. The lowest BCUT2D eigenvalue weighted by atomic mass is 10.2. The standard InChI is InChI=1S/C10H13N3OS/c1-6-4-3-5-12-8(6)10(14)13-7(2)9(11)15/h3-5,7H,1-2H3,(H2,11,15)(H,13,14). The highest BCUT2D eigenvalue weighted by molar-refractivity contribution is 7.80. The summed E-state index contributed by atoms with van der Waals surface area (Å²) in [7, 11) is 0. The Kier molecular flexibility index (Phi) is 3.74. The van der Waals surface area contributed by atoms with Crippen LogP contribution in [0, 0.1) is 6.92 Å². The van der Waals surface area contributed by atoms with Crippen molar-refractivity contribution in [1.82, 2.24) is 10.3 Å². The molecule has 1 atom stereocenters. The summed E-state index contributed by atoms with van der Waals surface area (Å²) in [6, 6.07) is 3.28. The number of carbonyl (C=O) groups excluding carboxylic acids is 1. The summed E-state index contributed by atoms with van der Waals surface area (Å²) < 4.78 is 0. The summed E-state index contributed by atoms with van der Waals surface area (Å²) in [6.07, 6.45) is 1.58. The minimum atomic E-state index is -0.325. The van der Waals surface area contributed by atoms with Crippen molar-refractivity contribution in [1.29, 1.82) is 0 Å². The lowest BCUT2D eigenvalue weighted by Crippen LogP contribution is -2.41. The molecule has 1 heterocycles. The number of hydrogen-bond donors (Lipinski definition) is 2. The molecule has 0 spiro atoms. The third kappa shape index (κ3) is 2.99. The van der Waals surface area contributed by atoms with Gasteiger partial charge in [0.15, 0.2) is 0 Å². The van der Waals surface area contributed by atoms with Crippen LogP contribution in [-0.4, -0.2) is 21.9 Å². The second-order valence-electron chi connectivity index (χ2n) is 3.27. The van der Waals surface area contributed by atoms with Crippen LogP contribution in [0.2, 0.25) is 0 Å². The predicted octanol–water partition coefficient (Wildman–Crippen LogP) is 0.794. The summed E-state index contributed by atoms with van der Waals surface area (Å²) in [6.45, 7) is 3.56. The van der Waals surface area contributed by atoms with Gasteiger partial charge in [-0.05, 0) is 25.5 Å². The summed E-state index contributed by atoms with van der Waals surface area (Å²) in [5.41, 5.74) is 6.62. The number of nitrogens with one attached hydrogen (secondary N) is 1. The van der Waals surface area contributed by atoms with Gasteiger partial charge in [0.25, 0.3) is 5.91 Å². The number of nitrogens with two attached hydrogens (primary N) is 1. The zero-order valence-electron chi connectivity index (χ0n) is 8.65. The molecule has 0 bridgehead atoms. The molecule has 80 valence electrons. The lowest BCUT2D eigenvalue weighted by Gasteiger charge is -2.12. The maximum Gasteiger partial charge on any atom is 0.270 e. The van der Waals surface area contributed by atoms with E-state index in [0.717, 1.165) is 5.56 Å². The van der Waals surface area contributed by atoms with Crippen molar-refractivity contribution in [3.8, 4) is 0 Å². The molecule has 3 N–H and O–H groups in total. The second-order valence-corrected chi connectivity index (χ2v) is 3.74. The molecule has 0 saturated heterocycles. The van der Waals surface area contributed by atoms with Crippen LogP contribution < -0.4 is 11.1 Å². The van der Waals surface area contributed by atoms with E-state index >= 15 is 0 Å². The van der Waals surface area contributed by atoms with Crippen molar-refractivity contribution in [2.24, 2.45) is 5.73 Å². The number of pyridine rings is 1. The fourth-order valence-corrected chi connectivity index (χ4v) is 1.12. The van der Waals surface area contributed by atoms with E-state index in [9.17, 15) is 4.79 Å². The monoisotopic (exact) mass is 223 g/mol. The molecular formula is C10H13N3OS. The Morgan fingerprint density at radius 3 is 2.87 bits per heavy atom. The van der Waals surface area contributed by atoms with Gasteiger partial charge in [-0.1, -0.05) is 18.3 Å². The van der Waals surface area contributed by atoms with Crippen molar-refractivity contribution >= 4 is 23.1 Å². The number of nitrogens with zero attached hydrogens (tertiary/aromatic N) is 1. The molecule has 4 nitrogen and oxygen atoms in total. The average molecular weight is 223 g/mol. The number of rotatable bonds is 3. The SMILES string of the molecule is Cc1cccnc1C(=O)NC(C)C(N)=S. The van der Waals surface area contributed by atoms with Crippen LogP contribution >= 0.6 is 12.2 Å². The summed E-state index contributed by atoms with van der Waals surface area (Å²) in [5, 5.41) is 2.67. The van der Waals surface area contributed by atoms with Crippen molar-refractivity contribution in [3.05, 3.63) is 29.6 Å². The summed E-state index contributed by atoms with van der Waals surface area (Å²) >= 11 is 4.76. The highest BCUT2D eigenvalue weighted by Crippen LogP contribution is 2.03. The third-order valence-electron chi connectivity index (χ3n) is 2.00. The van der Waals surface area contributed by atoms with Gasteiger partial charge >= 0.3 is 0 Å². The Hall–Kier alpha value is -1.49. The van der Waals surface area contributed by atoms with Gasteiger partial charge in [-0.3, -0.25) is 9.78 Å². The van der Waals surface area contributed by atoms with Gasteiger partial charge in [0.05, 0.1) is 11.0 Å². The van der Waals surface area contributed by atoms with E-state index in [1.54, 1.807) is 19.2 Å². The van der Waals surface area contributed by atoms with Gasteiger partial charge < -0.3 is 11.1 Å². The molecule has 0 aromatic carbocycles. The van der Waals surface area contributed by atoms with Gasteiger partial charge in [0.1, 0.15) is 5.69 Å². The molecule has 0 saturated carbocycles. The Balaban J connectivity index is 2.78. The first-order chi connectivity index (χ1) is 7.02. The summed E-state index contributed by atoms with van der Waals surface area (Å²) in [4.78, 5) is 15.9. The van der Waals surface area contributed by atoms with Crippen molar-refractivity contribution < 1.29 is 4.79 Å². The smallest absolute Gasteiger partial charge is 0.270 e. The lowest BCUT2D eigenvalue weighted by molar-refractivity contribution is 0.0943. The molecule has 0 radical (unpaired) electrons. The summed E-state index contributed by atoms with van der Waals surface area (Å²) in [5.74, 6) is -0.256. The van der Waals surface area contributed by atoms with E-state index in [0.29, 0.717) is 5.69 Å². The molecule has 15 heavy (non-hydrogen) atoms. The van der Waals surface area contributed by atoms with Crippen LogP contribution in [0.5, 0.6) is 0 Å². The number of aromatic nitrogens is 1. The second kappa shape index (κ2) is 4.84. The van der Waals surface area contributed by atoms with Crippen LogP contribution in [0.3, 0.4) is 0 Å². The molecule has 0 aliphatic heterocycles. The van der Waals surface area contributed by atoms with E-state index in [1.165, 1.54) is 0 Å². The average Bonchev–Trinajstić information content (AvgIpc) is 2.18. The Morgan fingerprint density at radius 1 is 1.67 bits per heavy atom. The molecule has 1 aromatic rings. The minimum Gasteiger partial charge on any atom is -0.392 e. The first kappa shape index (κ1) is 11.6. The maximum absolute atomic E-state index is 11.7. The number of hydrogen-bond acceptors (Lipinski definition) is 3. The Labute approximate surface area is 93.9 Å². The molecule has 1 aromatic heterocycles. The minimum absolute atomic E-state index is 0.256. The maximum atomic E-state index is 11.7. The van der Waals surface area contributed by atoms with Gasteiger partial charge in [-0.25, -0.2) is 0 Å². The van der Waals surface area contributed by atoms with Crippen molar-refractivity contribution in [2.45, 2.75) is 19.9 Å². The molecule has 1 rings (SSSR count). The fraction of sp³-hybridized carbons (Fsp3) is 0.300. The van der Waals surface area contributed by atoms with Crippen LogP contribution in [-0.2, 0) is 0 Å². The zero-order valence-corrected chi connectivity index (χ0v) is 9.47. The quantitative estimate of drug-likeness (QED) is 0.744. The zero-order chi connectivity index (χ0) is 11.4. The van der Waals surface area contributed by atoms with Crippen LogP contribution in [0.1, 0.15) is 23.0 Å². The highest BCUT2D eigenvalue weighted by atomic mass is 32.1. The van der Waals surface area contributed by atoms with E-state index < -0.39 is 0 Å². The van der Waals surface area contributed by atoms with E-state index in [1.807, 2.05) is 13.0 Å². The van der Waals surface area contributed by atoms with Gasteiger partial charge in [0.2, 0.25) is 0 Å². The Bertz CT molecular complexity index is 392. The first-order valence-electron chi connectivity index (χ1n) is 4.54. The molecule has 0 aliphatic rings. The van der Waals surface area contributed by atoms with Gasteiger partial charge in [-0.15, -0.1) is 0 Å². The van der Waals surface area contributed by atoms with E-state index in [2.05, 4.69) is 10.3 Å². The van der Waals surface area contributed by atoms with Gasteiger partial charge in [-0.2, -0.15) is 0 Å². The molecule has 0 aliphatic carbocycles. The van der Waals surface area contributed by atoms with Gasteiger partial charge in [0, 0.05) is 6.20 Å². The third-order valence-corrected chi connectivity index (χ3v) is 2.35. The molecule has 1 amide bonds. The normalized spacial score (nSPS) is 11.9. The topological polar surface area (TPSA) is 68.0 Å². The fourth-order valence-electron chi connectivity index (χ4n) is 1.06. The predicted molar refractivity (Wildman–Crippen MR) is 62.7 cm³/mol. The molecule has 1 unspecified atom stereocenters. The first-order valence-corrected chi connectivity index (χ1v) is 4.95. The van der Waals surface area contributed by atoms with Crippen LogP contribution in [0.15, 0.2) is 18.3 Å². The van der Waals surface area contributed by atoms with Crippen LogP contribution in [0.4, 0.5) is 0 Å². The van der Waals surface area contributed by atoms with Crippen LogP contribution in [0.25, 0.3) is 0 Å². The van der Waals surface area contributed by atoms with E-state index in [-0.39, 0.29) is 16.9 Å². The Morgan fingerprint density at radius 2 is 2.33 bits per heavy atom. The van der Waals surface area contributed by atoms with Crippen molar-refractivity contribution in [3.63, 3.8) is 0 Å².